The van der Waals surface area contributed by atoms with Gasteiger partial charge >= 0.3 is 0 Å². The van der Waals surface area contributed by atoms with Crippen LogP contribution in [0.1, 0.15) is 53.7 Å². The quantitative estimate of drug-likeness (QED) is 0.757. The van der Waals surface area contributed by atoms with Crippen LogP contribution in [0.5, 0.6) is 0 Å². The Morgan fingerprint density at radius 3 is 3.09 bits per heavy atom. The van der Waals surface area contributed by atoms with Gasteiger partial charge in [-0.25, -0.2) is 9.82 Å². The minimum Gasteiger partial charge on any atom is -0.357 e. The van der Waals surface area contributed by atoms with Gasteiger partial charge in [-0.3, -0.25) is 4.79 Å². The summed E-state index contributed by atoms with van der Waals surface area (Å²) in [6, 6.07) is 2.76. The molecule has 0 spiro atoms. The number of rotatable bonds is 1. The molecule has 0 saturated heterocycles. The number of aromatic nitrogens is 1. The summed E-state index contributed by atoms with van der Waals surface area (Å²) in [7, 11) is 0. The number of nitrogens with one attached hydrogen (secondary N) is 3. The summed E-state index contributed by atoms with van der Waals surface area (Å²) in [5.41, 5.74) is 6.44. The molecule has 2 aliphatic rings. The van der Waals surface area contributed by atoms with E-state index < -0.39 is 5.82 Å². The molecule has 6 heteroatoms. The molecule has 1 aromatic heterocycles. The van der Waals surface area contributed by atoms with Crippen LogP contribution in [0.2, 0.25) is 0 Å². The van der Waals surface area contributed by atoms with Crippen LogP contribution in [-0.4, -0.2) is 29.7 Å². The largest absolute Gasteiger partial charge is 0.357 e. The number of hydrogen-bond acceptors (Lipinski definition) is 3. The summed E-state index contributed by atoms with van der Waals surface area (Å²) < 4.78 is 13.9. The molecule has 4 rings (SSSR count). The third-order valence-electron chi connectivity index (χ3n) is 4.82. The maximum atomic E-state index is 13.9. The zero-order valence-corrected chi connectivity index (χ0v) is 13.0. The van der Waals surface area contributed by atoms with E-state index in [2.05, 4.69) is 27.8 Å². The number of benzene rings is 1. The molecule has 3 N–H and O–H groups in total. The second-order valence-electron chi connectivity index (χ2n) is 6.21. The number of nitrogens with zero attached hydrogens (tertiary/aromatic N) is 1. The smallest absolute Gasteiger partial charge is 0.272 e. The molecular weight excluding hydrogens is 295 g/mol. The molecule has 2 aliphatic heterocycles. The van der Waals surface area contributed by atoms with Gasteiger partial charge in [-0.2, -0.15) is 5.10 Å². The summed E-state index contributed by atoms with van der Waals surface area (Å²) in [4.78, 5) is 15.7. The van der Waals surface area contributed by atoms with E-state index in [1.165, 1.54) is 12.1 Å². The highest BCUT2D eigenvalue weighted by molar-refractivity contribution is 6.21. The Bertz CT molecular complexity index is 824. The van der Waals surface area contributed by atoms with Crippen molar-refractivity contribution in [1.82, 2.24) is 15.7 Å². The molecule has 0 saturated carbocycles. The van der Waals surface area contributed by atoms with Gasteiger partial charge in [0, 0.05) is 23.2 Å². The van der Waals surface area contributed by atoms with Crippen molar-refractivity contribution >= 4 is 22.5 Å². The molecule has 23 heavy (non-hydrogen) atoms. The van der Waals surface area contributed by atoms with Gasteiger partial charge in [0.15, 0.2) is 0 Å². The Morgan fingerprint density at radius 2 is 2.26 bits per heavy atom. The zero-order chi connectivity index (χ0) is 16.0. The zero-order valence-electron chi connectivity index (χ0n) is 13.0. The number of carbonyl (C=O) groups excluding carboxylic acids is 1. The molecule has 3 heterocycles. The highest BCUT2D eigenvalue weighted by atomic mass is 19.1. The molecule has 120 valence electrons. The van der Waals surface area contributed by atoms with E-state index in [0.29, 0.717) is 23.5 Å². The number of aromatic amines is 1. The van der Waals surface area contributed by atoms with E-state index >= 15 is 0 Å². The van der Waals surface area contributed by atoms with Crippen molar-refractivity contribution in [3.05, 3.63) is 34.8 Å². The van der Waals surface area contributed by atoms with Crippen LogP contribution in [0.15, 0.2) is 17.2 Å². The highest BCUT2D eigenvalue weighted by Crippen LogP contribution is 2.36. The number of hydrazone groups is 1. The first-order valence-electron chi connectivity index (χ1n) is 8.12. The lowest BCUT2D eigenvalue weighted by Gasteiger charge is -2.14. The monoisotopic (exact) mass is 314 g/mol. The maximum absolute atomic E-state index is 13.9. The normalized spacial score (nSPS) is 21.0. The van der Waals surface area contributed by atoms with Gasteiger partial charge in [-0.15, -0.1) is 0 Å². The first-order valence-corrected chi connectivity index (χ1v) is 8.12. The molecular formula is C17H19FN4O. The fraction of sp³-hybridized carbons (Fsp3) is 0.412. The van der Waals surface area contributed by atoms with Crippen LogP contribution >= 0.6 is 0 Å². The number of H-pyrrole nitrogens is 1. The van der Waals surface area contributed by atoms with Gasteiger partial charge in [0.05, 0.1) is 16.8 Å². The molecule has 0 radical (unpaired) electrons. The Labute approximate surface area is 133 Å². The molecule has 1 amide bonds. The lowest BCUT2D eigenvalue weighted by Crippen LogP contribution is -2.26. The first kappa shape index (κ1) is 14.4. The molecule has 0 bridgehead atoms. The summed E-state index contributed by atoms with van der Waals surface area (Å²) in [5.74, 6) is -0.420. The minimum atomic E-state index is -0.413. The molecule has 1 aromatic carbocycles. The van der Waals surface area contributed by atoms with Crippen molar-refractivity contribution in [3.63, 3.8) is 0 Å². The van der Waals surface area contributed by atoms with Crippen molar-refractivity contribution in [3.8, 4) is 0 Å². The highest BCUT2D eigenvalue weighted by Gasteiger charge is 2.29. The molecule has 5 nitrogen and oxygen atoms in total. The lowest BCUT2D eigenvalue weighted by atomic mass is 9.91. The van der Waals surface area contributed by atoms with Crippen molar-refractivity contribution in [2.24, 2.45) is 5.10 Å². The maximum Gasteiger partial charge on any atom is 0.272 e. The number of halogens is 1. The third-order valence-corrected chi connectivity index (χ3v) is 4.82. The summed E-state index contributed by atoms with van der Waals surface area (Å²) in [5, 5.41) is 8.47. The minimum absolute atomic E-state index is 0.352. The average molecular weight is 314 g/mol. The van der Waals surface area contributed by atoms with Crippen LogP contribution in [0.4, 0.5) is 4.39 Å². The summed E-state index contributed by atoms with van der Waals surface area (Å²) >= 11 is 0. The number of carbonyl (C=O) groups is 1. The van der Waals surface area contributed by atoms with Gasteiger partial charge < -0.3 is 10.3 Å². The van der Waals surface area contributed by atoms with Gasteiger partial charge in [0.25, 0.3) is 5.91 Å². The van der Waals surface area contributed by atoms with Crippen LogP contribution in [0.25, 0.3) is 10.9 Å². The number of hydrogen-bond donors (Lipinski definition) is 3. The van der Waals surface area contributed by atoms with Crippen molar-refractivity contribution in [1.29, 1.82) is 0 Å². The van der Waals surface area contributed by atoms with Gasteiger partial charge in [-0.05, 0) is 43.9 Å². The second-order valence-corrected chi connectivity index (χ2v) is 6.21. The fourth-order valence-electron chi connectivity index (χ4n) is 3.70. The van der Waals surface area contributed by atoms with E-state index in [0.717, 1.165) is 48.2 Å². The summed E-state index contributed by atoms with van der Waals surface area (Å²) in [6.07, 6.45) is 3.12. The summed E-state index contributed by atoms with van der Waals surface area (Å²) in [6.45, 7) is 3.67. The molecule has 0 aliphatic carbocycles. The van der Waals surface area contributed by atoms with Crippen LogP contribution < -0.4 is 10.7 Å². The topological polar surface area (TPSA) is 69.3 Å². The third kappa shape index (κ3) is 2.25. The van der Waals surface area contributed by atoms with Crippen LogP contribution in [0, 0.1) is 5.82 Å². The Kier molecular flexibility index (Phi) is 3.41. The van der Waals surface area contributed by atoms with E-state index in [-0.39, 0.29) is 5.91 Å². The average Bonchev–Trinajstić information content (AvgIpc) is 2.87. The Morgan fingerprint density at radius 1 is 1.39 bits per heavy atom. The van der Waals surface area contributed by atoms with Gasteiger partial charge in [-0.1, -0.05) is 6.92 Å². The second kappa shape index (κ2) is 5.45. The Balaban J connectivity index is 2.07. The van der Waals surface area contributed by atoms with E-state index in [1.54, 1.807) is 0 Å². The standard InChI is InChI=1S/C17H19FN4O/c1-2-9-4-3-5-19-8-13-15-14-11(17(23)22-21-13)6-10(18)7-12(14)20-16(9)15/h6-7,9,19-20H,2-5,8H2,1H3,(H,22,23). The SMILES string of the molecule is CCC1CCCNCC2=NNC(=O)c3cc(F)cc4[nH]c1c2c34. The van der Waals surface area contributed by atoms with Crippen molar-refractivity contribution < 1.29 is 9.18 Å². The molecule has 2 aromatic rings. The predicted octanol–water partition coefficient (Wildman–Crippen LogP) is 2.63. The molecule has 0 fully saturated rings. The van der Waals surface area contributed by atoms with Gasteiger partial charge in [0.1, 0.15) is 5.82 Å². The first-order chi connectivity index (χ1) is 11.2. The Hall–Kier alpha value is -2.21. The molecule has 1 atom stereocenters. The van der Waals surface area contributed by atoms with E-state index in [4.69, 9.17) is 0 Å². The van der Waals surface area contributed by atoms with E-state index in [9.17, 15) is 9.18 Å². The van der Waals surface area contributed by atoms with Crippen LogP contribution in [-0.2, 0) is 0 Å². The number of amides is 1. The van der Waals surface area contributed by atoms with Crippen molar-refractivity contribution in [2.75, 3.05) is 13.1 Å². The van der Waals surface area contributed by atoms with Crippen LogP contribution in [0.3, 0.4) is 0 Å². The molecule has 1 unspecified atom stereocenters. The van der Waals surface area contributed by atoms with Crippen molar-refractivity contribution in [2.45, 2.75) is 32.1 Å². The van der Waals surface area contributed by atoms with E-state index in [1.807, 2.05) is 0 Å². The van der Waals surface area contributed by atoms with Gasteiger partial charge in [0.2, 0.25) is 0 Å². The fourth-order valence-corrected chi connectivity index (χ4v) is 3.70. The predicted molar refractivity (Wildman–Crippen MR) is 87.4 cm³/mol. The lowest BCUT2D eigenvalue weighted by molar-refractivity contribution is 0.0956.